The molecule has 8 heteroatoms. The lowest BCUT2D eigenvalue weighted by molar-refractivity contribution is -0.136. The first-order chi connectivity index (χ1) is 18.6. The minimum Gasteiger partial charge on any atom is -0.481 e. The van der Waals surface area contributed by atoms with Gasteiger partial charge in [-0.1, -0.05) is 80.2 Å². The van der Waals surface area contributed by atoms with Gasteiger partial charge in [0.15, 0.2) is 5.13 Å². The first-order valence-electron chi connectivity index (χ1n) is 14.3. The van der Waals surface area contributed by atoms with E-state index in [1.165, 1.54) is 80.0 Å². The maximum atomic E-state index is 12.9. The number of thioether (sulfide) groups is 1. The zero-order valence-electron chi connectivity index (χ0n) is 22.3. The van der Waals surface area contributed by atoms with Crippen LogP contribution in [-0.4, -0.2) is 33.8 Å². The van der Waals surface area contributed by atoms with Crippen molar-refractivity contribution in [1.82, 2.24) is 4.98 Å². The number of thiazole rings is 1. The van der Waals surface area contributed by atoms with E-state index in [0.29, 0.717) is 41.9 Å². The molecule has 208 valence electrons. The van der Waals surface area contributed by atoms with E-state index in [2.05, 4.69) is 34.6 Å². The number of carbonyl (C=O) groups excluding carboxylic acids is 1. The van der Waals surface area contributed by atoms with Gasteiger partial charge in [-0.05, 0) is 55.4 Å². The van der Waals surface area contributed by atoms with Crippen LogP contribution in [0.5, 0.6) is 0 Å². The Kier molecular flexibility index (Phi) is 12.0. The summed E-state index contributed by atoms with van der Waals surface area (Å²) in [5.41, 5.74) is 1.24. The zero-order valence-corrected chi connectivity index (χ0v) is 23.9. The molecular weight excluding hydrogens is 516 g/mol. The molecule has 1 unspecified atom stereocenters. The number of ether oxygens (including phenoxy) is 1. The van der Waals surface area contributed by atoms with Gasteiger partial charge >= 0.3 is 5.97 Å². The molecule has 0 spiro atoms. The number of hydrogen-bond acceptors (Lipinski definition) is 6. The molecular formula is C30H42N2O4S2. The number of aliphatic carboxylic acids is 1. The lowest BCUT2D eigenvalue weighted by Gasteiger charge is -2.38. The number of amides is 1. The van der Waals surface area contributed by atoms with Crippen LogP contribution in [0.3, 0.4) is 0 Å². The van der Waals surface area contributed by atoms with Crippen LogP contribution in [0.15, 0.2) is 40.7 Å². The van der Waals surface area contributed by atoms with Gasteiger partial charge in [-0.25, -0.2) is 4.98 Å². The first-order valence-corrected chi connectivity index (χ1v) is 16.1. The van der Waals surface area contributed by atoms with E-state index < -0.39 is 5.97 Å². The number of rotatable bonds is 13. The minimum atomic E-state index is -0.799. The first kappa shape index (κ1) is 29.1. The van der Waals surface area contributed by atoms with Crippen molar-refractivity contribution in [3.63, 3.8) is 0 Å². The summed E-state index contributed by atoms with van der Waals surface area (Å²) in [6, 6.07) is 10.4. The third-order valence-corrected chi connectivity index (χ3v) is 10.3. The number of carboxylic acids is 1. The molecule has 4 rings (SSSR count). The number of hydrogen-bond donors (Lipinski definition) is 2. The number of nitrogens with one attached hydrogen (secondary N) is 1. The van der Waals surface area contributed by atoms with Gasteiger partial charge in [-0.2, -0.15) is 0 Å². The number of anilines is 1. The summed E-state index contributed by atoms with van der Waals surface area (Å²) in [6.07, 6.45) is 16.3. The highest BCUT2D eigenvalue weighted by molar-refractivity contribution is 8.01. The maximum Gasteiger partial charge on any atom is 0.304 e. The van der Waals surface area contributed by atoms with E-state index in [1.807, 2.05) is 6.07 Å². The van der Waals surface area contributed by atoms with Crippen molar-refractivity contribution in [3.8, 4) is 0 Å². The Labute approximate surface area is 235 Å². The molecule has 1 amide bonds. The lowest BCUT2D eigenvalue weighted by atomic mass is 9.69. The summed E-state index contributed by atoms with van der Waals surface area (Å²) in [4.78, 5) is 27.9. The van der Waals surface area contributed by atoms with Crippen molar-refractivity contribution in [2.75, 3.05) is 11.1 Å². The summed E-state index contributed by atoms with van der Waals surface area (Å²) >= 11 is 2.89. The van der Waals surface area contributed by atoms with Crippen LogP contribution < -0.4 is 5.32 Å². The van der Waals surface area contributed by atoms with E-state index in [1.54, 1.807) is 6.20 Å². The maximum absolute atomic E-state index is 12.9. The average molecular weight is 559 g/mol. The van der Waals surface area contributed by atoms with Crippen LogP contribution in [-0.2, 0) is 20.9 Å². The topological polar surface area (TPSA) is 88.5 Å². The Morgan fingerprint density at radius 2 is 1.71 bits per heavy atom. The average Bonchev–Trinajstić information content (AvgIpc) is 3.19. The highest BCUT2D eigenvalue weighted by Crippen LogP contribution is 2.42. The van der Waals surface area contributed by atoms with Gasteiger partial charge in [0, 0.05) is 12.2 Å². The molecule has 38 heavy (non-hydrogen) atoms. The van der Waals surface area contributed by atoms with Crippen LogP contribution in [0.4, 0.5) is 5.13 Å². The second kappa shape index (κ2) is 15.6. The molecule has 0 radical (unpaired) electrons. The summed E-state index contributed by atoms with van der Waals surface area (Å²) in [5.74, 6) is 1.76. The summed E-state index contributed by atoms with van der Waals surface area (Å²) in [5, 5.41) is 12.4. The van der Waals surface area contributed by atoms with Crippen LogP contribution >= 0.6 is 23.1 Å². The van der Waals surface area contributed by atoms with Gasteiger partial charge in [-0.15, -0.1) is 11.8 Å². The number of nitrogens with zero attached hydrogens (tertiary/aromatic N) is 1. The molecule has 1 heterocycles. The van der Waals surface area contributed by atoms with Crippen molar-refractivity contribution in [3.05, 3.63) is 42.1 Å². The van der Waals surface area contributed by atoms with Gasteiger partial charge in [-0.3, -0.25) is 9.59 Å². The number of aromatic nitrogens is 1. The molecule has 1 aromatic heterocycles. The molecule has 6 nitrogen and oxygen atoms in total. The van der Waals surface area contributed by atoms with Gasteiger partial charge in [0.2, 0.25) is 5.91 Å². The van der Waals surface area contributed by atoms with Crippen molar-refractivity contribution >= 4 is 40.1 Å². The smallest absolute Gasteiger partial charge is 0.304 e. The Balaban J connectivity index is 1.26. The summed E-state index contributed by atoms with van der Waals surface area (Å²) < 4.78 is 7.20. The number of benzene rings is 1. The van der Waals surface area contributed by atoms with Gasteiger partial charge in [0.1, 0.15) is 0 Å². The van der Waals surface area contributed by atoms with E-state index in [0.717, 1.165) is 29.4 Å². The van der Waals surface area contributed by atoms with E-state index in [4.69, 9.17) is 9.84 Å². The highest BCUT2D eigenvalue weighted by atomic mass is 32.2. The van der Waals surface area contributed by atoms with Gasteiger partial charge in [0.25, 0.3) is 0 Å². The van der Waals surface area contributed by atoms with Gasteiger partial charge in [0.05, 0.1) is 29.5 Å². The number of carbonyl (C=O) groups is 2. The van der Waals surface area contributed by atoms with E-state index >= 15 is 0 Å². The van der Waals surface area contributed by atoms with Crippen molar-refractivity contribution in [2.24, 2.45) is 17.8 Å². The lowest BCUT2D eigenvalue weighted by Crippen LogP contribution is -2.31. The SMILES string of the molecule is O=C(O)CCSc1cnc(NC(=O)CCC(C2CCCCCC2)C2CCC(OCc3ccccc3)CC2)s1. The standard InChI is InChI=1S/C30H42N2O4S2/c33-27(32-30-31-20-29(38-30)37-19-18-28(34)35)17-16-26(23-10-6-1-2-7-11-23)24-12-14-25(15-13-24)36-21-22-8-4-3-5-9-22/h3-5,8-9,20,23-26H,1-2,6-7,10-19,21H2,(H,34,35)(H,31,32,33). The van der Waals surface area contributed by atoms with Crippen LogP contribution in [0.2, 0.25) is 0 Å². The monoisotopic (exact) mass is 558 g/mol. The van der Waals surface area contributed by atoms with Crippen molar-refractivity contribution < 1.29 is 19.4 Å². The third kappa shape index (κ3) is 9.69. The molecule has 2 aromatic rings. The fraction of sp³-hybridized carbons (Fsp3) is 0.633. The quantitative estimate of drug-likeness (QED) is 0.193. The van der Waals surface area contributed by atoms with E-state index in [-0.39, 0.29) is 12.3 Å². The molecule has 1 atom stereocenters. The van der Waals surface area contributed by atoms with Crippen LogP contribution in [0.1, 0.15) is 89.0 Å². The van der Waals surface area contributed by atoms with E-state index in [9.17, 15) is 9.59 Å². The van der Waals surface area contributed by atoms with Crippen LogP contribution in [0.25, 0.3) is 0 Å². The van der Waals surface area contributed by atoms with Crippen molar-refractivity contribution in [2.45, 2.75) is 100 Å². The molecule has 2 fully saturated rings. The van der Waals surface area contributed by atoms with Gasteiger partial charge < -0.3 is 15.2 Å². The predicted molar refractivity (Wildman–Crippen MR) is 155 cm³/mol. The normalized spacial score (nSPS) is 21.5. The van der Waals surface area contributed by atoms with Crippen molar-refractivity contribution in [1.29, 1.82) is 0 Å². The number of carboxylic acid groups (broad SMARTS) is 1. The fourth-order valence-corrected chi connectivity index (χ4v) is 8.06. The molecule has 0 bridgehead atoms. The Hall–Kier alpha value is -1.90. The Morgan fingerprint density at radius 1 is 1.00 bits per heavy atom. The minimum absolute atomic E-state index is 0.0416. The molecule has 2 N–H and O–H groups in total. The Bertz CT molecular complexity index is 983. The summed E-state index contributed by atoms with van der Waals surface area (Å²) in [7, 11) is 0. The molecule has 2 saturated carbocycles. The van der Waals surface area contributed by atoms with Crippen LogP contribution in [0, 0.1) is 17.8 Å². The fourth-order valence-electron chi connectivity index (χ4n) is 6.17. The summed E-state index contributed by atoms with van der Waals surface area (Å²) in [6.45, 7) is 0.693. The molecule has 0 saturated heterocycles. The largest absolute Gasteiger partial charge is 0.481 e. The zero-order chi connectivity index (χ0) is 26.6. The Morgan fingerprint density at radius 3 is 2.42 bits per heavy atom. The second-order valence-electron chi connectivity index (χ2n) is 10.8. The highest BCUT2D eigenvalue weighted by Gasteiger charge is 2.33. The molecule has 2 aliphatic carbocycles. The predicted octanol–water partition coefficient (Wildman–Crippen LogP) is 7.79. The molecule has 1 aromatic carbocycles. The third-order valence-electron chi connectivity index (χ3n) is 8.15. The second-order valence-corrected chi connectivity index (χ2v) is 13.2. The molecule has 2 aliphatic rings. The molecule has 0 aliphatic heterocycles.